The number of hydrogen-bond acceptors (Lipinski definition) is 1. The summed E-state index contributed by atoms with van der Waals surface area (Å²) in [7, 11) is 0. The monoisotopic (exact) mass is 316 g/mol. The highest BCUT2D eigenvalue weighted by molar-refractivity contribution is 5.28. The van der Waals surface area contributed by atoms with Crippen LogP contribution in [0, 0.1) is 40.9 Å². The van der Waals surface area contributed by atoms with Crippen molar-refractivity contribution >= 4 is 0 Å². The Balaban J connectivity index is 1.69. The van der Waals surface area contributed by atoms with E-state index in [1.807, 2.05) is 0 Å². The van der Waals surface area contributed by atoms with Gasteiger partial charge >= 0.3 is 0 Å². The highest BCUT2D eigenvalue weighted by Crippen LogP contribution is 2.67. The van der Waals surface area contributed by atoms with Crippen molar-refractivity contribution in [3.63, 3.8) is 0 Å². The second-order valence-corrected chi connectivity index (χ2v) is 9.10. The maximum absolute atomic E-state index is 13.9. The zero-order valence-corrected chi connectivity index (χ0v) is 14.4. The molecule has 0 aromatic rings. The molecule has 4 aliphatic carbocycles. The summed E-state index contributed by atoms with van der Waals surface area (Å²) in [4.78, 5) is 0. The van der Waals surface area contributed by atoms with Gasteiger partial charge in [0.25, 0.3) is 0 Å². The molecule has 2 heteroatoms. The minimum Gasteiger partial charge on any atom is -0.377 e. The molecule has 1 N–H and O–H groups in total. The van der Waals surface area contributed by atoms with E-state index in [2.05, 4.69) is 25.8 Å². The van der Waals surface area contributed by atoms with Crippen molar-refractivity contribution in [2.24, 2.45) is 28.6 Å². The molecule has 0 aliphatic heterocycles. The van der Waals surface area contributed by atoms with Crippen LogP contribution in [0.5, 0.6) is 0 Å². The van der Waals surface area contributed by atoms with Gasteiger partial charge in [-0.05, 0) is 68.1 Å². The van der Waals surface area contributed by atoms with Crippen molar-refractivity contribution in [3.05, 3.63) is 11.6 Å². The van der Waals surface area contributed by atoms with Crippen LogP contribution in [0.3, 0.4) is 0 Å². The molecule has 0 aromatic heterocycles. The van der Waals surface area contributed by atoms with E-state index in [0.717, 1.165) is 38.5 Å². The van der Waals surface area contributed by atoms with Crippen molar-refractivity contribution in [1.82, 2.24) is 0 Å². The van der Waals surface area contributed by atoms with Crippen molar-refractivity contribution in [3.8, 4) is 12.3 Å². The van der Waals surface area contributed by atoms with Crippen LogP contribution in [-0.2, 0) is 0 Å². The molecule has 3 saturated carbocycles. The number of fused-ring (bicyclic) bond motifs is 5. The summed E-state index contributed by atoms with van der Waals surface area (Å²) in [5.74, 6) is 4.51. The molecule has 1 nitrogen and oxygen atoms in total. The third-order valence-electron chi connectivity index (χ3n) is 8.43. The van der Waals surface area contributed by atoms with Crippen LogP contribution >= 0.6 is 0 Å². The summed E-state index contributed by atoms with van der Waals surface area (Å²) in [5.41, 5.74) is 0.502. The van der Waals surface area contributed by atoms with Gasteiger partial charge in [-0.1, -0.05) is 31.4 Å². The lowest BCUT2D eigenvalue weighted by Crippen LogP contribution is -2.54. The van der Waals surface area contributed by atoms with Crippen LogP contribution in [0.2, 0.25) is 0 Å². The van der Waals surface area contributed by atoms with E-state index < -0.39 is 11.8 Å². The molecule has 4 rings (SSSR count). The summed E-state index contributed by atoms with van der Waals surface area (Å²) in [6.45, 7) is 4.60. The first-order chi connectivity index (χ1) is 10.8. The van der Waals surface area contributed by atoms with E-state index in [1.165, 1.54) is 5.57 Å². The molecule has 1 unspecified atom stereocenters. The molecule has 126 valence electrons. The summed E-state index contributed by atoms with van der Waals surface area (Å²) in [5, 5.41) is 11.0. The summed E-state index contributed by atoms with van der Waals surface area (Å²) in [6.07, 6.45) is 14.8. The largest absolute Gasteiger partial charge is 0.377 e. The van der Waals surface area contributed by atoms with Crippen LogP contribution in [0.4, 0.5) is 4.39 Å². The maximum atomic E-state index is 13.9. The molecule has 4 aliphatic rings. The van der Waals surface area contributed by atoms with Gasteiger partial charge in [-0.15, -0.1) is 6.42 Å². The number of hydrogen-bond donors (Lipinski definition) is 1. The topological polar surface area (TPSA) is 20.2 Å². The Bertz CT molecular complexity index is 589. The van der Waals surface area contributed by atoms with Crippen LogP contribution in [0.25, 0.3) is 0 Å². The molecule has 3 fully saturated rings. The van der Waals surface area contributed by atoms with Gasteiger partial charge in [0.05, 0.1) is 0 Å². The van der Waals surface area contributed by atoms with Crippen LogP contribution < -0.4 is 0 Å². The molecule has 0 saturated heterocycles. The van der Waals surface area contributed by atoms with Crippen LogP contribution in [0.15, 0.2) is 11.6 Å². The molecule has 23 heavy (non-hydrogen) atoms. The summed E-state index contributed by atoms with van der Waals surface area (Å²) < 4.78 is 13.9. The number of terminal acetylenes is 1. The predicted molar refractivity (Wildman–Crippen MR) is 90.4 cm³/mol. The quantitative estimate of drug-likeness (QED) is 0.509. The third-order valence-corrected chi connectivity index (χ3v) is 8.43. The van der Waals surface area contributed by atoms with E-state index in [9.17, 15) is 9.50 Å². The molecule has 0 spiro atoms. The van der Waals surface area contributed by atoms with Gasteiger partial charge in [0.1, 0.15) is 11.8 Å². The van der Waals surface area contributed by atoms with Crippen molar-refractivity contribution in [2.75, 3.05) is 0 Å². The third kappa shape index (κ3) is 1.89. The Kier molecular flexibility index (Phi) is 3.31. The van der Waals surface area contributed by atoms with E-state index in [1.54, 1.807) is 0 Å². The first-order valence-electron chi connectivity index (χ1n) is 9.38. The molecule has 7 atom stereocenters. The minimum atomic E-state index is -0.926. The number of halogens is 1. The normalized spacial score (nSPS) is 55.2. The van der Waals surface area contributed by atoms with Gasteiger partial charge in [-0.2, -0.15) is 0 Å². The molecule has 0 amide bonds. The second kappa shape index (κ2) is 4.85. The van der Waals surface area contributed by atoms with Gasteiger partial charge in [0.2, 0.25) is 0 Å². The average Bonchev–Trinajstić information content (AvgIpc) is 2.80. The van der Waals surface area contributed by atoms with Crippen LogP contribution in [0.1, 0.15) is 65.2 Å². The minimum absolute atomic E-state index is 0.137. The van der Waals surface area contributed by atoms with E-state index in [0.29, 0.717) is 30.6 Å². The lowest BCUT2D eigenvalue weighted by atomic mass is 9.47. The van der Waals surface area contributed by atoms with Crippen molar-refractivity contribution < 1.29 is 9.50 Å². The summed E-state index contributed by atoms with van der Waals surface area (Å²) >= 11 is 0. The number of rotatable bonds is 0. The van der Waals surface area contributed by atoms with Gasteiger partial charge in [-0.3, -0.25) is 0 Å². The average molecular weight is 316 g/mol. The van der Waals surface area contributed by atoms with E-state index >= 15 is 0 Å². The zero-order chi connectivity index (χ0) is 16.5. The highest BCUT2D eigenvalue weighted by Gasteiger charge is 2.63. The molecule has 0 radical (unpaired) electrons. The smallest absolute Gasteiger partial charge is 0.130 e. The molecule has 0 bridgehead atoms. The van der Waals surface area contributed by atoms with E-state index in [4.69, 9.17) is 6.42 Å². The Hall–Kier alpha value is -0.810. The second-order valence-electron chi connectivity index (χ2n) is 9.10. The first-order valence-corrected chi connectivity index (χ1v) is 9.38. The molecule has 0 heterocycles. The number of allylic oxidation sites excluding steroid dienone is 2. The Labute approximate surface area is 139 Å². The fourth-order valence-corrected chi connectivity index (χ4v) is 6.87. The summed E-state index contributed by atoms with van der Waals surface area (Å²) in [6, 6.07) is 0. The van der Waals surface area contributed by atoms with Crippen LogP contribution in [-0.4, -0.2) is 16.9 Å². The van der Waals surface area contributed by atoms with Gasteiger partial charge in [-0.25, -0.2) is 4.39 Å². The number of alkyl halides is 1. The highest BCUT2D eigenvalue weighted by atomic mass is 19.1. The van der Waals surface area contributed by atoms with Gasteiger partial charge in [0, 0.05) is 11.8 Å². The fraction of sp³-hybridized carbons (Fsp3) is 0.810. The van der Waals surface area contributed by atoms with E-state index in [-0.39, 0.29) is 10.8 Å². The lowest BCUT2D eigenvalue weighted by molar-refractivity contribution is -0.0956. The SMILES string of the molecule is C#C[C@]1(O)CC[C@H]2[C@@H]3CC=C4CC(F)CC[C@]4(C)[C@H]3CC[C@@]21C. The molecule has 0 aromatic carbocycles. The van der Waals surface area contributed by atoms with Crippen molar-refractivity contribution in [1.29, 1.82) is 0 Å². The Morgan fingerprint density at radius 1 is 1.17 bits per heavy atom. The fourth-order valence-electron chi connectivity index (χ4n) is 6.87. The lowest BCUT2D eigenvalue weighted by Gasteiger charge is -2.58. The zero-order valence-electron chi connectivity index (χ0n) is 14.4. The maximum Gasteiger partial charge on any atom is 0.130 e. The predicted octanol–water partition coefficient (Wildman–Crippen LogP) is 4.65. The van der Waals surface area contributed by atoms with Gasteiger partial charge < -0.3 is 5.11 Å². The number of aliphatic hydroxyl groups is 1. The Morgan fingerprint density at radius 2 is 1.91 bits per heavy atom. The molecular formula is C21H29FO. The van der Waals surface area contributed by atoms with Gasteiger partial charge in [0.15, 0.2) is 0 Å². The molecular weight excluding hydrogens is 287 g/mol. The Morgan fingerprint density at radius 3 is 2.65 bits per heavy atom. The standard InChI is InChI=1S/C21H29FO/c1-4-21(23)12-9-18-16-6-5-14-13-15(22)7-10-19(14,2)17(16)8-11-20(18,21)3/h1,5,15-18,23H,6-13H2,2-3H3/t15?,16-,17+,18+,19+,20+,21+/m1/s1. The first kappa shape index (κ1) is 15.7. The van der Waals surface area contributed by atoms with Crippen molar-refractivity contribution in [2.45, 2.75) is 77.0 Å².